The molecular formula is C14H11ClF3N5O. The molecule has 0 spiro atoms. The van der Waals surface area contributed by atoms with Gasteiger partial charge in [0.05, 0.1) is 35.0 Å². The van der Waals surface area contributed by atoms with Gasteiger partial charge in [-0.15, -0.1) is 0 Å². The van der Waals surface area contributed by atoms with Gasteiger partial charge in [0.1, 0.15) is 5.15 Å². The van der Waals surface area contributed by atoms with Crippen molar-refractivity contribution in [3.8, 4) is 5.88 Å². The molecule has 0 aliphatic rings. The van der Waals surface area contributed by atoms with Crippen molar-refractivity contribution in [2.75, 3.05) is 6.61 Å². The molecule has 0 amide bonds. The smallest absolute Gasteiger partial charge is 0.422 e. The van der Waals surface area contributed by atoms with Gasteiger partial charge in [0.25, 0.3) is 0 Å². The van der Waals surface area contributed by atoms with Crippen LogP contribution in [0.2, 0.25) is 5.15 Å². The molecule has 0 unspecified atom stereocenters. The summed E-state index contributed by atoms with van der Waals surface area (Å²) in [7, 11) is 0. The Hall–Kier alpha value is -2.42. The molecule has 6 nitrogen and oxygen atoms in total. The standard InChI is InChI=1S/C14H11ClF3N5O/c1-8-13(24-7-14(16,17)18)20-4-9(21-8)5-23-6-10-11(22-23)2-3-19-12(10)15/h2-4,6H,5,7H2,1H3. The fraction of sp³-hybridized carbons (Fsp3) is 0.286. The number of aromatic nitrogens is 5. The molecule has 0 aliphatic carbocycles. The largest absolute Gasteiger partial charge is 0.467 e. The van der Waals surface area contributed by atoms with Gasteiger partial charge >= 0.3 is 6.18 Å². The third-order valence-electron chi connectivity index (χ3n) is 3.08. The van der Waals surface area contributed by atoms with Gasteiger partial charge < -0.3 is 4.74 Å². The second-order valence-corrected chi connectivity index (χ2v) is 5.38. The number of hydrogen-bond acceptors (Lipinski definition) is 5. The van der Waals surface area contributed by atoms with Gasteiger partial charge in [0.15, 0.2) is 6.61 Å². The first-order valence-electron chi connectivity index (χ1n) is 6.81. The van der Waals surface area contributed by atoms with Crippen molar-refractivity contribution in [1.29, 1.82) is 0 Å². The van der Waals surface area contributed by atoms with Gasteiger partial charge in [-0.25, -0.2) is 15.0 Å². The molecule has 0 aromatic carbocycles. The molecule has 0 aliphatic heterocycles. The number of hydrogen-bond donors (Lipinski definition) is 0. The lowest BCUT2D eigenvalue weighted by atomic mass is 10.3. The van der Waals surface area contributed by atoms with Crippen molar-refractivity contribution in [3.05, 3.63) is 41.2 Å². The Morgan fingerprint density at radius 2 is 2.08 bits per heavy atom. The topological polar surface area (TPSA) is 65.7 Å². The quantitative estimate of drug-likeness (QED) is 0.671. The molecule has 24 heavy (non-hydrogen) atoms. The number of halogens is 4. The Bertz CT molecular complexity index is 880. The highest BCUT2D eigenvalue weighted by Gasteiger charge is 2.29. The minimum absolute atomic E-state index is 0.144. The lowest BCUT2D eigenvalue weighted by Crippen LogP contribution is -2.20. The van der Waals surface area contributed by atoms with E-state index in [4.69, 9.17) is 11.6 Å². The summed E-state index contributed by atoms with van der Waals surface area (Å²) in [5.74, 6) is -0.144. The molecule has 3 heterocycles. The maximum absolute atomic E-state index is 12.2. The Labute approximate surface area is 139 Å². The molecule has 0 radical (unpaired) electrons. The molecule has 3 rings (SSSR count). The number of fused-ring (bicyclic) bond motifs is 1. The van der Waals surface area contributed by atoms with Gasteiger partial charge in [-0.2, -0.15) is 18.3 Å². The molecule has 126 valence electrons. The molecule has 10 heteroatoms. The molecule has 0 saturated heterocycles. The van der Waals surface area contributed by atoms with E-state index in [1.54, 1.807) is 23.1 Å². The summed E-state index contributed by atoms with van der Waals surface area (Å²) in [5.41, 5.74) is 1.49. The van der Waals surface area contributed by atoms with Crippen LogP contribution in [0.5, 0.6) is 5.88 Å². The van der Waals surface area contributed by atoms with E-state index in [9.17, 15) is 13.2 Å². The van der Waals surface area contributed by atoms with Crippen LogP contribution < -0.4 is 4.74 Å². The summed E-state index contributed by atoms with van der Waals surface area (Å²) in [4.78, 5) is 12.1. The first-order chi connectivity index (χ1) is 11.3. The van der Waals surface area contributed by atoms with Crippen molar-refractivity contribution >= 4 is 22.5 Å². The maximum Gasteiger partial charge on any atom is 0.422 e. The summed E-state index contributed by atoms with van der Waals surface area (Å²) in [6.45, 7) is 0.416. The molecule has 0 saturated carbocycles. The Kier molecular flexibility index (Phi) is 4.27. The molecule has 3 aromatic heterocycles. The molecule has 3 aromatic rings. The van der Waals surface area contributed by atoms with E-state index in [2.05, 4.69) is 24.8 Å². The van der Waals surface area contributed by atoms with Crippen LogP contribution in [0.25, 0.3) is 10.9 Å². The van der Waals surface area contributed by atoms with Crippen LogP contribution in [0.3, 0.4) is 0 Å². The first-order valence-corrected chi connectivity index (χ1v) is 7.19. The Morgan fingerprint density at radius 3 is 2.75 bits per heavy atom. The molecule has 0 atom stereocenters. The zero-order valence-corrected chi connectivity index (χ0v) is 13.1. The van der Waals surface area contributed by atoms with E-state index in [-0.39, 0.29) is 11.6 Å². The van der Waals surface area contributed by atoms with E-state index in [1.165, 1.54) is 13.1 Å². The SMILES string of the molecule is Cc1nc(Cn2cc3c(Cl)nccc3n2)cnc1OCC(F)(F)F. The monoisotopic (exact) mass is 357 g/mol. The molecule has 0 N–H and O–H groups in total. The molecular weight excluding hydrogens is 347 g/mol. The van der Waals surface area contributed by atoms with Gasteiger partial charge in [-0.3, -0.25) is 4.68 Å². The van der Waals surface area contributed by atoms with Crippen LogP contribution in [-0.2, 0) is 6.54 Å². The minimum Gasteiger partial charge on any atom is -0.467 e. The number of pyridine rings is 1. The lowest BCUT2D eigenvalue weighted by Gasteiger charge is -2.10. The average Bonchev–Trinajstić information content (AvgIpc) is 2.89. The lowest BCUT2D eigenvalue weighted by molar-refractivity contribution is -0.154. The fourth-order valence-corrected chi connectivity index (χ4v) is 2.30. The van der Waals surface area contributed by atoms with Crippen molar-refractivity contribution in [2.45, 2.75) is 19.6 Å². The van der Waals surface area contributed by atoms with Crippen LogP contribution in [-0.4, -0.2) is 37.5 Å². The fourth-order valence-electron chi connectivity index (χ4n) is 2.09. The summed E-state index contributed by atoms with van der Waals surface area (Å²) in [6, 6.07) is 1.72. The summed E-state index contributed by atoms with van der Waals surface area (Å²) in [5, 5.41) is 5.38. The second-order valence-electron chi connectivity index (χ2n) is 5.02. The summed E-state index contributed by atoms with van der Waals surface area (Å²) < 4.78 is 42.8. The zero-order chi connectivity index (χ0) is 17.3. The van der Waals surface area contributed by atoms with E-state index >= 15 is 0 Å². The van der Waals surface area contributed by atoms with Crippen molar-refractivity contribution in [1.82, 2.24) is 24.7 Å². The van der Waals surface area contributed by atoms with Crippen molar-refractivity contribution in [2.24, 2.45) is 0 Å². The first kappa shape index (κ1) is 16.4. The van der Waals surface area contributed by atoms with E-state index in [1.807, 2.05) is 0 Å². The normalized spacial score (nSPS) is 11.9. The van der Waals surface area contributed by atoms with Crippen molar-refractivity contribution < 1.29 is 17.9 Å². The van der Waals surface area contributed by atoms with Crippen LogP contribution in [0.1, 0.15) is 11.4 Å². The van der Waals surface area contributed by atoms with E-state index in [0.717, 1.165) is 0 Å². The summed E-state index contributed by atoms with van der Waals surface area (Å²) in [6.07, 6.45) is 0.203. The zero-order valence-electron chi connectivity index (χ0n) is 12.4. The Balaban J connectivity index is 1.77. The highest BCUT2D eigenvalue weighted by atomic mass is 35.5. The maximum atomic E-state index is 12.2. The van der Waals surface area contributed by atoms with Gasteiger partial charge in [-0.05, 0) is 13.0 Å². The number of rotatable bonds is 4. The second kappa shape index (κ2) is 6.23. The third-order valence-corrected chi connectivity index (χ3v) is 3.38. The minimum atomic E-state index is -4.42. The van der Waals surface area contributed by atoms with Crippen LogP contribution >= 0.6 is 11.6 Å². The predicted molar refractivity (Wildman–Crippen MR) is 80.0 cm³/mol. The number of aryl methyl sites for hydroxylation is 1. The highest BCUT2D eigenvalue weighted by molar-refractivity contribution is 6.34. The predicted octanol–water partition coefficient (Wildman–Crippen LogP) is 3.17. The van der Waals surface area contributed by atoms with Gasteiger partial charge in [0, 0.05) is 12.4 Å². The molecule has 0 bridgehead atoms. The van der Waals surface area contributed by atoms with Gasteiger partial charge in [0.2, 0.25) is 5.88 Å². The van der Waals surface area contributed by atoms with Crippen LogP contribution in [0, 0.1) is 6.92 Å². The number of ether oxygens (including phenoxy) is 1. The van der Waals surface area contributed by atoms with E-state index in [0.29, 0.717) is 28.3 Å². The van der Waals surface area contributed by atoms with Crippen LogP contribution in [0.15, 0.2) is 24.7 Å². The summed E-state index contributed by atoms with van der Waals surface area (Å²) >= 11 is 5.99. The number of nitrogens with zero attached hydrogens (tertiary/aromatic N) is 5. The third kappa shape index (κ3) is 3.73. The van der Waals surface area contributed by atoms with Gasteiger partial charge in [-0.1, -0.05) is 11.6 Å². The highest BCUT2D eigenvalue weighted by Crippen LogP contribution is 2.21. The van der Waals surface area contributed by atoms with Crippen molar-refractivity contribution in [3.63, 3.8) is 0 Å². The number of alkyl halides is 3. The van der Waals surface area contributed by atoms with E-state index < -0.39 is 12.8 Å². The average molecular weight is 358 g/mol. The molecule has 0 fully saturated rings. The van der Waals surface area contributed by atoms with Crippen LogP contribution in [0.4, 0.5) is 13.2 Å². The Morgan fingerprint density at radius 1 is 1.29 bits per heavy atom.